The fourth-order valence-electron chi connectivity index (χ4n) is 3.57. The molecule has 1 aliphatic carbocycles. The van der Waals surface area contributed by atoms with Gasteiger partial charge in [-0.15, -0.1) is 0 Å². The molecule has 0 radical (unpaired) electrons. The molecular formula is C22H35N3O2. The Bertz CT molecular complexity index is 594. The highest BCUT2D eigenvalue weighted by atomic mass is 16.5. The first kappa shape index (κ1) is 20.2. The summed E-state index contributed by atoms with van der Waals surface area (Å²) in [6, 6.07) is 9.58. The molecule has 0 spiro atoms. The summed E-state index contributed by atoms with van der Waals surface area (Å²) in [7, 11) is 1.83. The van der Waals surface area contributed by atoms with Gasteiger partial charge in [0, 0.05) is 44.7 Å². The average molecular weight is 374 g/mol. The molecule has 1 saturated carbocycles. The van der Waals surface area contributed by atoms with E-state index in [2.05, 4.69) is 53.7 Å². The largest absolute Gasteiger partial charge is 0.381 e. The number of nitrogens with zero attached hydrogens (tertiary/aromatic N) is 1. The molecule has 27 heavy (non-hydrogen) atoms. The van der Waals surface area contributed by atoms with Crippen molar-refractivity contribution in [2.75, 3.05) is 40.0 Å². The van der Waals surface area contributed by atoms with Crippen molar-refractivity contribution in [1.29, 1.82) is 0 Å². The summed E-state index contributed by atoms with van der Waals surface area (Å²) in [4.78, 5) is 4.35. The van der Waals surface area contributed by atoms with Crippen molar-refractivity contribution in [2.45, 2.75) is 51.0 Å². The van der Waals surface area contributed by atoms with Gasteiger partial charge < -0.3 is 20.1 Å². The van der Waals surface area contributed by atoms with Crippen LogP contribution in [0.25, 0.3) is 0 Å². The standard InChI is InChI=1S/C22H35N3O2/c1-16(2)18-5-7-19(8-6-18)20-13-21(20)25-22(23-3)24-10-4-11-26-14-17-9-12-27-15-17/h5-8,16-17,20-21H,4,9-15H2,1-3H3,(H2,23,24,25). The molecule has 1 aromatic rings. The lowest BCUT2D eigenvalue weighted by molar-refractivity contribution is 0.0888. The van der Waals surface area contributed by atoms with Gasteiger partial charge in [-0.2, -0.15) is 0 Å². The Balaban J connectivity index is 1.30. The fraction of sp³-hybridized carbons (Fsp3) is 0.682. The number of guanidine groups is 1. The summed E-state index contributed by atoms with van der Waals surface area (Å²) in [6.07, 6.45) is 3.30. The van der Waals surface area contributed by atoms with E-state index in [1.165, 1.54) is 17.5 Å². The molecule has 0 amide bonds. The van der Waals surface area contributed by atoms with Gasteiger partial charge in [0.1, 0.15) is 0 Å². The van der Waals surface area contributed by atoms with Gasteiger partial charge in [-0.05, 0) is 36.3 Å². The number of nitrogens with one attached hydrogen (secondary N) is 2. The molecule has 2 N–H and O–H groups in total. The predicted molar refractivity (Wildman–Crippen MR) is 111 cm³/mol. The SMILES string of the molecule is CN=C(NCCCOCC1CCOC1)NC1CC1c1ccc(C(C)C)cc1. The Labute approximate surface area is 163 Å². The maximum absolute atomic E-state index is 5.75. The third kappa shape index (κ3) is 6.22. The highest BCUT2D eigenvalue weighted by molar-refractivity contribution is 5.80. The summed E-state index contributed by atoms with van der Waals surface area (Å²) >= 11 is 0. The third-order valence-corrected chi connectivity index (χ3v) is 5.50. The van der Waals surface area contributed by atoms with E-state index in [0.717, 1.165) is 51.8 Å². The van der Waals surface area contributed by atoms with Gasteiger partial charge >= 0.3 is 0 Å². The molecule has 3 rings (SSSR count). The Hall–Kier alpha value is -1.59. The number of hydrogen-bond acceptors (Lipinski definition) is 3. The highest BCUT2D eigenvalue weighted by Gasteiger charge is 2.38. The van der Waals surface area contributed by atoms with Gasteiger partial charge in [0.15, 0.2) is 5.96 Å². The molecule has 5 heteroatoms. The van der Waals surface area contributed by atoms with Crippen LogP contribution in [0.1, 0.15) is 56.1 Å². The van der Waals surface area contributed by atoms with Gasteiger partial charge in [0.05, 0.1) is 13.2 Å². The summed E-state index contributed by atoms with van der Waals surface area (Å²) in [5.74, 6) is 2.67. The van der Waals surface area contributed by atoms with Crippen LogP contribution in [0.5, 0.6) is 0 Å². The molecule has 5 nitrogen and oxygen atoms in total. The second kappa shape index (κ2) is 10.1. The quantitative estimate of drug-likeness (QED) is 0.396. The fourth-order valence-corrected chi connectivity index (χ4v) is 3.57. The Kier molecular flexibility index (Phi) is 7.53. The minimum Gasteiger partial charge on any atom is -0.381 e. The second-order valence-electron chi connectivity index (χ2n) is 8.07. The Morgan fingerprint density at radius 2 is 2.11 bits per heavy atom. The maximum atomic E-state index is 5.75. The van der Waals surface area contributed by atoms with E-state index >= 15 is 0 Å². The van der Waals surface area contributed by atoms with Gasteiger partial charge in [-0.3, -0.25) is 4.99 Å². The number of rotatable bonds is 9. The Morgan fingerprint density at radius 3 is 2.78 bits per heavy atom. The molecule has 2 aliphatic rings. The van der Waals surface area contributed by atoms with Crippen molar-refractivity contribution in [3.63, 3.8) is 0 Å². The number of benzene rings is 1. The van der Waals surface area contributed by atoms with Crippen LogP contribution in [0.15, 0.2) is 29.3 Å². The van der Waals surface area contributed by atoms with Crippen LogP contribution in [0, 0.1) is 5.92 Å². The van der Waals surface area contributed by atoms with Crippen LogP contribution in [0.4, 0.5) is 0 Å². The van der Waals surface area contributed by atoms with Crippen LogP contribution < -0.4 is 10.6 Å². The van der Waals surface area contributed by atoms with Gasteiger partial charge in [0.2, 0.25) is 0 Å². The Morgan fingerprint density at radius 1 is 1.30 bits per heavy atom. The van der Waals surface area contributed by atoms with Crippen molar-refractivity contribution in [1.82, 2.24) is 10.6 Å². The monoisotopic (exact) mass is 373 g/mol. The van der Waals surface area contributed by atoms with Crippen molar-refractivity contribution in [2.24, 2.45) is 10.9 Å². The molecule has 1 aromatic carbocycles. The van der Waals surface area contributed by atoms with Crippen molar-refractivity contribution in [3.05, 3.63) is 35.4 Å². The summed E-state index contributed by atoms with van der Waals surface area (Å²) in [6.45, 7) is 8.71. The van der Waals surface area contributed by atoms with E-state index in [1.807, 2.05) is 7.05 Å². The summed E-state index contributed by atoms with van der Waals surface area (Å²) in [5.41, 5.74) is 2.83. The van der Waals surface area contributed by atoms with Crippen molar-refractivity contribution in [3.8, 4) is 0 Å². The van der Waals surface area contributed by atoms with Crippen molar-refractivity contribution >= 4 is 5.96 Å². The van der Waals surface area contributed by atoms with Gasteiger partial charge in [-0.1, -0.05) is 38.1 Å². The first-order valence-electron chi connectivity index (χ1n) is 10.4. The zero-order valence-electron chi connectivity index (χ0n) is 17.0. The molecule has 1 aliphatic heterocycles. The van der Waals surface area contributed by atoms with E-state index in [4.69, 9.17) is 9.47 Å². The van der Waals surface area contributed by atoms with Gasteiger partial charge in [-0.25, -0.2) is 0 Å². The van der Waals surface area contributed by atoms with Crippen molar-refractivity contribution < 1.29 is 9.47 Å². The van der Waals surface area contributed by atoms with E-state index in [1.54, 1.807) is 0 Å². The molecule has 0 bridgehead atoms. The second-order valence-corrected chi connectivity index (χ2v) is 8.07. The number of ether oxygens (including phenoxy) is 2. The maximum Gasteiger partial charge on any atom is 0.191 e. The molecule has 2 fully saturated rings. The van der Waals surface area contributed by atoms with E-state index in [-0.39, 0.29) is 0 Å². The summed E-state index contributed by atoms with van der Waals surface area (Å²) in [5, 5.41) is 6.94. The number of hydrogen-bond donors (Lipinski definition) is 2. The minimum absolute atomic E-state index is 0.486. The zero-order chi connectivity index (χ0) is 19.1. The molecule has 1 heterocycles. The molecule has 3 atom stereocenters. The highest BCUT2D eigenvalue weighted by Crippen LogP contribution is 2.41. The van der Waals surface area contributed by atoms with Crippen LogP contribution in [0.2, 0.25) is 0 Å². The lowest BCUT2D eigenvalue weighted by Crippen LogP contribution is -2.39. The molecule has 1 saturated heterocycles. The third-order valence-electron chi connectivity index (χ3n) is 5.50. The summed E-state index contributed by atoms with van der Waals surface area (Å²) < 4.78 is 11.1. The normalized spacial score (nSPS) is 25.0. The molecule has 0 aromatic heterocycles. The molecular weight excluding hydrogens is 338 g/mol. The van der Waals surface area contributed by atoms with E-state index in [9.17, 15) is 0 Å². The van der Waals surface area contributed by atoms with Crippen LogP contribution >= 0.6 is 0 Å². The lowest BCUT2D eigenvalue weighted by atomic mass is 10.0. The lowest BCUT2D eigenvalue weighted by Gasteiger charge is -2.13. The topological polar surface area (TPSA) is 54.9 Å². The first-order valence-corrected chi connectivity index (χ1v) is 10.4. The first-order chi connectivity index (χ1) is 13.2. The van der Waals surface area contributed by atoms with E-state index < -0.39 is 0 Å². The average Bonchev–Trinajstić information content (AvgIpc) is 3.25. The molecule has 3 unspecified atom stereocenters. The van der Waals surface area contributed by atoms with E-state index in [0.29, 0.717) is 23.8 Å². The molecule has 150 valence electrons. The zero-order valence-corrected chi connectivity index (χ0v) is 17.0. The van der Waals surface area contributed by atoms with Crippen LogP contribution in [-0.4, -0.2) is 52.0 Å². The van der Waals surface area contributed by atoms with Gasteiger partial charge in [0.25, 0.3) is 0 Å². The van der Waals surface area contributed by atoms with Crippen LogP contribution in [-0.2, 0) is 9.47 Å². The minimum atomic E-state index is 0.486. The predicted octanol–water partition coefficient (Wildman–Crippen LogP) is 3.27. The smallest absolute Gasteiger partial charge is 0.191 e. The van der Waals surface area contributed by atoms with Crippen LogP contribution in [0.3, 0.4) is 0 Å². The number of aliphatic imine (C=N–C) groups is 1.